The monoisotopic (exact) mass is 232 g/mol. The van der Waals surface area contributed by atoms with E-state index in [1.54, 1.807) is 7.11 Å². The summed E-state index contributed by atoms with van der Waals surface area (Å²) in [5.74, 6) is 0.876. The van der Waals surface area contributed by atoms with Crippen LogP contribution in [0.3, 0.4) is 0 Å². The van der Waals surface area contributed by atoms with E-state index in [1.807, 2.05) is 12.1 Å². The van der Waals surface area contributed by atoms with Gasteiger partial charge in [0.25, 0.3) is 0 Å². The third-order valence-electron chi connectivity index (χ3n) is 2.74. The van der Waals surface area contributed by atoms with Crippen molar-refractivity contribution in [3.63, 3.8) is 0 Å². The normalized spacial score (nSPS) is 11.1. The Morgan fingerprint density at radius 3 is 2.41 bits per heavy atom. The topological polar surface area (TPSA) is 22.9 Å². The summed E-state index contributed by atoms with van der Waals surface area (Å²) in [6.45, 7) is 0.274. The first-order valence-corrected chi connectivity index (χ1v) is 5.68. The molecular formula is C14H18NO2+. The van der Waals surface area contributed by atoms with E-state index in [0.29, 0.717) is 0 Å². The number of fused-ring (bicyclic) bond motifs is 1. The van der Waals surface area contributed by atoms with Crippen LogP contribution in [0.1, 0.15) is 0 Å². The minimum absolute atomic E-state index is 0.274. The molecule has 0 aliphatic carbocycles. The van der Waals surface area contributed by atoms with Crippen LogP contribution in [-0.2, 0) is 4.74 Å². The fourth-order valence-electron chi connectivity index (χ4n) is 1.97. The van der Waals surface area contributed by atoms with E-state index < -0.39 is 0 Å². The van der Waals surface area contributed by atoms with Gasteiger partial charge in [-0.1, -0.05) is 24.3 Å². The van der Waals surface area contributed by atoms with Crippen molar-refractivity contribution in [2.24, 2.45) is 0 Å². The molecule has 0 spiro atoms. The summed E-state index contributed by atoms with van der Waals surface area (Å²) >= 11 is 0. The molecule has 0 bridgehead atoms. The highest BCUT2D eigenvalue weighted by Gasteiger charge is 2.11. The summed E-state index contributed by atoms with van der Waals surface area (Å²) in [6.07, 6.45) is 0. The molecule has 90 valence electrons. The standard InChI is InChI=1S/C14H17NO2/c1-15(2)12-8-4-6-11-7-5-9-13(14(11)12)17-10-16-3/h4-9H,10H2,1-3H3/p+1. The molecule has 0 radical (unpaired) electrons. The van der Waals surface area contributed by atoms with Gasteiger partial charge in [-0.15, -0.1) is 0 Å². The second-order valence-corrected chi connectivity index (χ2v) is 4.21. The van der Waals surface area contributed by atoms with Gasteiger partial charge in [-0.25, -0.2) is 0 Å². The molecule has 3 heteroatoms. The molecule has 0 aliphatic rings. The molecule has 0 unspecified atom stereocenters. The van der Waals surface area contributed by atoms with Crippen molar-refractivity contribution in [2.45, 2.75) is 0 Å². The highest BCUT2D eigenvalue weighted by atomic mass is 16.7. The maximum absolute atomic E-state index is 5.62. The van der Waals surface area contributed by atoms with Gasteiger partial charge in [0, 0.05) is 7.11 Å². The number of methoxy groups -OCH3 is 1. The second kappa shape index (κ2) is 5.17. The smallest absolute Gasteiger partial charge is 0.188 e. The Hall–Kier alpha value is -1.58. The van der Waals surface area contributed by atoms with Gasteiger partial charge in [0.2, 0.25) is 0 Å². The van der Waals surface area contributed by atoms with E-state index in [-0.39, 0.29) is 6.79 Å². The van der Waals surface area contributed by atoms with E-state index in [4.69, 9.17) is 9.47 Å². The predicted molar refractivity (Wildman–Crippen MR) is 68.9 cm³/mol. The molecule has 0 aliphatic heterocycles. The summed E-state index contributed by atoms with van der Waals surface area (Å²) in [6, 6.07) is 12.4. The molecule has 17 heavy (non-hydrogen) atoms. The van der Waals surface area contributed by atoms with Gasteiger partial charge in [-0.2, -0.15) is 0 Å². The van der Waals surface area contributed by atoms with E-state index >= 15 is 0 Å². The zero-order valence-corrected chi connectivity index (χ0v) is 10.5. The van der Waals surface area contributed by atoms with Crippen molar-refractivity contribution >= 4 is 16.5 Å². The predicted octanol–water partition coefficient (Wildman–Crippen LogP) is 1.60. The molecule has 2 aromatic carbocycles. The number of ether oxygens (including phenoxy) is 2. The maximum Gasteiger partial charge on any atom is 0.188 e. The first kappa shape index (κ1) is 11.9. The van der Waals surface area contributed by atoms with Crippen LogP contribution in [0.25, 0.3) is 10.8 Å². The van der Waals surface area contributed by atoms with Gasteiger partial charge in [0.1, 0.15) is 11.4 Å². The molecule has 0 atom stereocenters. The molecule has 0 saturated heterocycles. The van der Waals surface area contributed by atoms with Crippen LogP contribution in [-0.4, -0.2) is 28.0 Å². The molecule has 0 amide bonds. The highest BCUT2D eigenvalue weighted by molar-refractivity contribution is 5.95. The summed E-state index contributed by atoms with van der Waals surface area (Å²) in [5, 5.41) is 2.35. The van der Waals surface area contributed by atoms with Crippen LogP contribution in [0.15, 0.2) is 36.4 Å². The zero-order chi connectivity index (χ0) is 12.3. The van der Waals surface area contributed by atoms with Gasteiger partial charge in [-0.05, 0) is 17.5 Å². The Morgan fingerprint density at radius 1 is 1.06 bits per heavy atom. The average Bonchev–Trinajstić information content (AvgIpc) is 2.35. The lowest BCUT2D eigenvalue weighted by atomic mass is 10.1. The number of nitrogens with one attached hydrogen (secondary N) is 1. The van der Waals surface area contributed by atoms with Crippen LogP contribution in [0, 0.1) is 0 Å². The minimum atomic E-state index is 0.274. The third kappa shape index (κ3) is 2.40. The molecule has 0 aromatic heterocycles. The quantitative estimate of drug-likeness (QED) is 0.809. The van der Waals surface area contributed by atoms with Crippen molar-refractivity contribution in [1.82, 2.24) is 0 Å². The summed E-state index contributed by atoms with van der Waals surface area (Å²) in [4.78, 5) is 1.28. The summed E-state index contributed by atoms with van der Waals surface area (Å²) < 4.78 is 10.6. The molecule has 0 fully saturated rings. The molecule has 2 aromatic rings. The SMILES string of the molecule is COCOc1cccc2cccc([NH+](C)C)c12. The van der Waals surface area contributed by atoms with Gasteiger partial charge in [0.05, 0.1) is 19.5 Å². The Morgan fingerprint density at radius 2 is 1.76 bits per heavy atom. The Labute approximate surface area is 102 Å². The van der Waals surface area contributed by atoms with Crippen molar-refractivity contribution in [2.75, 3.05) is 28.0 Å². The number of rotatable bonds is 4. The lowest BCUT2D eigenvalue weighted by Crippen LogP contribution is -3.00. The third-order valence-corrected chi connectivity index (χ3v) is 2.74. The molecule has 2 rings (SSSR count). The van der Waals surface area contributed by atoms with Crippen molar-refractivity contribution in [3.8, 4) is 5.75 Å². The first-order chi connectivity index (χ1) is 8.24. The van der Waals surface area contributed by atoms with Gasteiger partial charge in [-0.3, -0.25) is 0 Å². The summed E-state index contributed by atoms with van der Waals surface area (Å²) in [5.41, 5.74) is 1.23. The second-order valence-electron chi connectivity index (χ2n) is 4.21. The van der Waals surface area contributed by atoms with Crippen LogP contribution < -0.4 is 9.64 Å². The van der Waals surface area contributed by atoms with Gasteiger partial charge < -0.3 is 14.4 Å². The van der Waals surface area contributed by atoms with E-state index in [1.165, 1.54) is 16.0 Å². The fraction of sp³-hybridized carbons (Fsp3) is 0.286. The van der Waals surface area contributed by atoms with Crippen molar-refractivity contribution in [1.29, 1.82) is 0 Å². The van der Waals surface area contributed by atoms with Crippen LogP contribution in [0.2, 0.25) is 0 Å². The molecular weight excluding hydrogens is 214 g/mol. The first-order valence-electron chi connectivity index (χ1n) is 5.68. The highest BCUT2D eigenvalue weighted by Crippen LogP contribution is 2.30. The summed E-state index contributed by atoms with van der Waals surface area (Å²) in [7, 11) is 5.85. The van der Waals surface area contributed by atoms with Crippen molar-refractivity contribution < 1.29 is 14.4 Å². The minimum Gasteiger partial charge on any atom is -0.467 e. The van der Waals surface area contributed by atoms with Crippen LogP contribution in [0.5, 0.6) is 5.75 Å². The average molecular weight is 232 g/mol. The molecule has 0 saturated carbocycles. The maximum atomic E-state index is 5.62. The molecule has 0 heterocycles. The zero-order valence-electron chi connectivity index (χ0n) is 10.5. The largest absolute Gasteiger partial charge is 0.467 e. The van der Waals surface area contributed by atoms with E-state index in [2.05, 4.69) is 38.4 Å². The Balaban J connectivity index is 2.58. The Bertz CT molecular complexity index is 503. The van der Waals surface area contributed by atoms with Crippen LogP contribution in [0.4, 0.5) is 5.69 Å². The number of hydrogen-bond acceptors (Lipinski definition) is 2. The molecule has 3 nitrogen and oxygen atoms in total. The lowest BCUT2D eigenvalue weighted by Gasteiger charge is -2.13. The van der Waals surface area contributed by atoms with Gasteiger partial charge in [0.15, 0.2) is 6.79 Å². The van der Waals surface area contributed by atoms with Crippen LogP contribution >= 0.6 is 0 Å². The number of quaternary nitrogens is 1. The number of hydrogen-bond donors (Lipinski definition) is 1. The van der Waals surface area contributed by atoms with Gasteiger partial charge >= 0.3 is 0 Å². The van der Waals surface area contributed by atoms with E-state index in [0.717, 1.165) is 11.1 Å². The number of benzene rings is 2. The fourth-order valence-corrected chi connectivity index (χ4v) is 1.97. The van der Waals surface area contributed by atoms with E-state index in [9.17, 15) is 0 Å². The molecule has 1 N–H and O–H groups in total. The Kier molecular flexibility index (Phi) is 3.61. The van der Waals surface area contributed by atoms with Crippen molar-refractivity contribution in [3.05, 3.63) is 36.4 Å². The lowest BCUT2D eigenvalue weighted by molar-refractivity contribution is -0.785.